The molecule has 0 spiro atoms. The first-order valence-electron chi connectivity index (χ1n) is 9.61. The number of hydrogen-bond acceptors (Lipinski definition) is 3. The topological polar surface area (TPSA) is 51.1 Å². The van der Waals surface area contributed by atoms with Crippen LogP contribution in [0.15, 0.2) is 47.4 Å². The molecule has 0 saturated carbocycles. The second-order valence-electron chi connectivity index (χ2n) is 7.64. The number of hydrogen-bond donors (Lipinski definition) is 1. The van der Waals surface area contributed by atoms with E-state index in [4.69, 9.17) is 4.74 Å². The van der Waals surface area contributed by atoms with Gasteiger partial charge in [0, 0.05) is 6.42 Å². The lowest BCUT2D eigenvalue weighted by Crippen LogP contribution is -3.11. The number of anilines is 1. The zero-order chi connectivity index (χ0) is 19.2. The average molecular weight is 388 g/mol. The van der Waals surface area contributed by atoms with Crippen molar-refractivity contribution < 1.29 is 18.1 Å². The summed E-state index contributed by atoms with van der Waals surface area (Å²) in [6.07, 6.45) is 0.875. The lowest BCUT2D eigenvalue weighted by Gasteiger charge is -2.34. The monoisotopic (exact) mass is 387 g/mol. The number of aryl methyl sites for hydroxylation is 1. The van der Waals surface area contributed by atoms with Gasteiger partial charge >= 0.3 is 0 Å². The number of likely N-dealkylation sites (tertiary alicyclic amines) is 1. The number of ether oxygens (including phenoxy) is 1. The number of piperidine rings is 1. The van der Waals surface area contributed by atoms with Crippen LogP contribution in [0.25, 0.3) is 0 Å². The van der Waals surface area contributed by atoms with E-state index in [-0.39, 0.29) is 12.0 Å². The summed E-state index contributed by atoms with van der Waals surface area (Å²) in [6, 6.07) is 12.9. The summed E-state index contributed by atoms with van der Waals surface area (Å²) >= 11 is 0. The number of rotatable bonds is 4. The lowest BCUT2D eigenvalue weighted by molar-refractivity contribution is -0.886. The van der Waals surface area contributed by atoms with E-state index >= 15 is 0 Å². The molecule has 1 unspecified atom stereocenters. The minimum absolute atomic E-state index is 0.00192. The molecule has 4 rings (SSSR count). The smallest absolute Gasteiger partial charge is 0.264 e. The second-order valence-corrected chi connectivity index (χ2v) is 9.46. The zero-order valence-electron chi connectivity index (χ0n) is 16.1. The van der Waals surface area contributed by atoms with Crippen molar-refractivity contribution in [3.63, 3.8) is 0 Å². The zero-order valence-corrected chi connectivity index (χ0v) is 16.9. The molecule has 0 radical (unpaired) electrons. The van der Waals surface area contributed by atoms with Crippen molar-refractivity contribution in [2.45, 2.75) is 37.1 Å². The summed E-state index contributed by atoms with van der Waals surface area (Å²) in [4.78, 5) is 1.79. The van der Waals surface area contributed by atoms with Crippen LogP contribution in [0.2, 0.25) is 0 Å². The molecule has 2 aromatic carbocycles. The fraction of sp³-hybridized carbons (Fsp3) is 0.429. The van der Waals surface area contributed by atoms with Crippen LogP contribution in [0.4, 0.5) is 5.69 Å². The SMILES string of the molecule is CCOc1ccc(S(=O)(=O)N2c3ccc(C)cc3[C@H]3C[NH+](C)CC[C@@H]32)cc1. The summed E-state index contributed by atoms with van der Waals surface area (Å²) in [7, 11) is -1.43. The van der Waals surface area contributed by atoms with Crippen molar-refractivity contribution >= 4 is 15.7 Å². The third-order valence-electron chi connectivity index (χ3n) is 5.71. The van der Waals surface area contributed by atoms with E-state index in [9.17, 15) is 8.42 Å². The standard InChI is InChI=1S/C21H26N2O3S/c1-4-26-16-6-8-17(9-7-16)27(24,25)23-20-10-5-15(2)13-18(20)19-14-22(3)12-11-21(19)23/h5-10,13,19,21H,4,11-12,14H2,1-3H3/p+1/t19-,21+/m1/s1. The van der Waals surface area contributed by atoms with Gasteiger partial charge in [0.1, 0.15) is 5.75 Å². The van der Waals surface area contributed by atoms with Crippen LogP contribution in [0.5, 0.6) is 5.75 Å². The van der Waals surface area contributed by atoms with Crippen LogP contribution in [-0.2, 0) is 10.0 Å². The van der Waals surface area contributed by atoms with E-state index in [1.54, 1.807) is 28.6 Å². The number of sulfonamides is 1. The Balaban J connectivity index is 1.77. The van der Waals surface area contributed by atoms with Crippen molar-refractivity contribution in [3.8, 4) is 5.75 Å². The predicted molar refractivity (Wildman–Crippen MR) is 106 cm³/mol. The molecule has 2 aromatic rings. The van der Waals surface area contributed by atoms with Crippen LogP contribution < -0.4 is 13.9 Å². The molecule has 0 aromatic heterocycles. The van der Waals surface area contributed by atoms with Gasteiger partial charge in [-0.15, -0.1) is 0 Å². The maximum absolute atomic E-state index is 13.6. The van der Waals surface area contributed by atoms with E-state index < -0.39 is 10.0 Å². The Labute approximate surface area is 161 Å². The Hall–Kier alpha value is -2.05. The summed E-state index contributed by atoms with van der Waals surface area (Å²) in [5.41, 5.74) is 3.20. The molecule has 0 bridgehead atoms. The number of fused-ring (bicyclic) bond motifs is 3. The van der Waals surface area contributed by atoms with Crippen molar-refractivity contribution in [1.82, 2.24) is 0 Å². The van der Waals surface area contributed by atoms with Crippen LogP contribution >= 0.6 is 0 Å². The Morgan fingerprint density at radius 1 is 1.19 bits per heavy atom. The Bertz CT molecular complexity index is 940. The normalized spacial score (nSPS) is 24.4. The minimum atomic E-state index is -3.62. The third kappa shape index (κ3) is 3.11. The maximum Gasteiger partial charge on any atom is 0.264 e. The molecule has 1 saturated heterocycles. The van der Waals surface area contributed by atoms with Gasteiger partial charge in [-0.3, -0.25) is 4.31 Å². The molecule has 5 nitrogen and oxygen atoms in total. The average Bonchev–Trinajstić information content (AvgIpc) is 2.96. The number of benzene rings is 2. The second kappa shape index (κ2) is 6.84. The number of quaternary nitrogens is 1. The molecule has 6 heteroatoms. The predicted octanol–water partition coefficient (Wildman–Crippen LogP) is 1.97. The maximum atomic E-state index is 13.6. The minimum Gasteiger partial charge on any atom is -0.494 e. The van der Waals surface area contributed by atoms with E-state index in [0.717, 1.165) is 25.2 Å². The van der Waals surface area contributed by atoms with Gasteiger partial charge in [0.25, 0.3) is 10.0 Å². The molecule has 0 amide bonds. The molecule has 2 heterocycles. The summed E-state index contributed by atoms with van der Waals surface area (Å²) in [6.45, 7) is 6.50. The van der Waals surface area contributed by atoms with Gasteiger partial charge in [0.15, 0.2) is 0 Å². The van der Waals surface area contributed by atoms with Gasteiger partial charge in [0.05, 0.1) is 49.3 Å². The third-order valence-corrected chi connectivity index (χ3v) is 7.57. The Morgan fingerprint density at radius 3 is 2.63 bits per heavy atom. The Kier molecular flexibility index (Phi) is 4.64. The van der Waals surface area contributed by atoms with Crippen LogP contribution in [0.3, 0.4) is 0 Å². The number of nitrogens with one attached hydrogen (secondary N) is 1. The summed E-state index contributed by atoms with van der Waals surface area (Å²) < 4.78 is 34.3. The van der Waals surface area contributed by atoms with Gasteiger partial charge in [-0.05, 0) is 49.7 Å². The summed E-state index contributed by atoms with van der Waals surface area (Å²) in [5, 5.41) is 0. The van der Waals surface area contributed by atoms with Crippen LogP contribution in [0.1, 0.15) is 30.4 Å². The molecule has 2 aliphatic rings. The van der Waals surface area contributed by atoms with Crippen molar-refractivity contribution in [2.75, 3.05) is 31.0 Å². The first-order valence-corrected chi connectivity index (χ1v) is 11.0. The van der Waals surface area contributed by atoms with Gasteiger partial charge in [0.2, 0.25) is 0 Å². The highest BCUT2D eigenvalue weighted by molar-refractivity contribution is 7.92. The molecule has 1 fully saturated rings. The largest absolute Gasteiger partial charge is 0.494 e. The van der Waals surface area contributed by atoms with Crippen molar-refractivity contribution in [3.05, 3.63) is 53.6 Å². The fourth-order valence-corrected chi connectivity index (χ4v) is 6.19. The van der Waals surface area contributed by atoms with E-state index in [0.29, 0.717) is 17.3 Å². The van der Waals surface area contributed by atoms with E-state index in [2.05, 4.69) is 20.0 Å². The van der Waals surface area contributed by atoms with Gasteiger partial charge < -0.3 is 9.64 Å². The quantitative estimate of drug-likeness (QED) is 0.873. The molecule has 144 valence electrons. The van der Waals surface area contributed by atoms with Gasteiger partial charge in [-0.2, -0.15) is 0 Å². The van der Waals surface area contributed by atoms with Gasteiger partial charge in [-0.1, -0.05) is 17.7 Å². The first kappa shape index (κ1) is 18.3. The molecular formula is C21H27N2O3S+. The van der Waals surface area contributed by atoms with Crippen LogP contribution in [-0.4, -0.2) is 41.2 Å². The molecule has 27 heavy (non-hydrogen) atoms. The fourth-order valence-electron chi connectivity index (χ4n) is 4.45. The van der Waals surface area contributed by atoms with E-state index in [1.807, 2.05) is 19.1 Å². The highest BCUT2D eigenvalue weighted by atomic mass is 32.2. The highest BCUT2D eigenvalue weighted by Gasteiger charge is 2.48. The number of nitrogens with zero attached hydrogens (tertiary/aromatic N) is 1. The Morgan fingerprint density at radius 2 is 1.93 bits per heavy atom. The van der Waals surface area contributed by atoms with Crippen LogP contribution in [0, 0.1) is 6.92 Å². The molecular weight excluding hydrogens is 360 g/mol. The number of likely N-dealkylation sites (N-methyl/N-ethyl adjacent to an activating group) is 1. The van der Waals surface area contributed by atoms with Crippen molar-refractivity contribution in [1.29, 1.82) is 0 Å². The first-order chi connectivity index (χ1) is 12.9. The summed E-state index contributed by atoms with van der Waals surface area (Å²) in [5.74, 6) is 0.945. The molecule has 3 atom stereocenters. The van der Waals surface area contributed by atoms with E-state index in [1.165, 1.54) is 16.0 Å². The highest BCUT2D eigenvalue weighted by Crippen LogP contribution is 2.45. The lowest BCUT2D eigenvalue weighted by atomic mass is 9.89. The molecule has 2 aliphatic heterocycles. The van der Waals surface area contributed by atoms with Gasteiger partial charge in [-0.25, -0.2) is 8.42 Å². The molecule has 0 aliphatic carbocycles. The molecule has 1 N–H and O–H groups in total. The van der Waals surface area contributed by atoms with Crippen molar-refractivity contribution in [2.24, 2.45) is 0 Å².